The van der Waals surface area contributed by atoms with E-state index in [0.29, 0.717) is 25.0 Å². The van der Waals surface area contributed by atoms with E-state index in [1.54, 1.807) is 0 Å². The zero-order valence-electron chi connectivity index (χ0n) is 18.1. The summed E-state index contributed by atoms with van der Waals surface area (Å²) in [5.41, 5.74) is 0.922. The van der Waals surface area contributed by atoms with E-state index < -0.39 is 0 Å². The molecule has 1 amide bonds. The lowest BCUT2D eigenvalue weighted by atomic mass is 9.50. The smallest absolute Gasteiger partial charge is 0.234 e. The van der Waals surface area contributed by atoms with Crippen LogP contribution >= 0.6 is 0 Å². The summed E-state index contributed by atoms with van der Waals surface area (Å²) in [6.45, 7) is 4.41. The van der Waals surface area contributed by atoms with E-state index in [2.05, 4.69) is 31.7 Å². The maximum atomic E-state index is 13.2. The van der Waals surface area contributed by atoms with Gasteiger partial charge in [0, 0.05) is 24.2 Å². The Morgan fingerprint density at radius 3 is 2.81 bits per heavy atom. The second-order valence-electron chi connectivity index (χ2n) is 10.3. The van der Waals surface area contributed by atoms with Crippen molar-refractivity contribution in [3.8, 4) is 5.75 Å². The number of ether oxygens (including phenoxy) is 1. The maximum Gasteiger partial charge on any atom is 0.234 e. The van der Waals surface area contributed by atoms with Gasteiger partial charge in [-0.2, -0.15) is 4.80 Å². The van der Waals surface area contributed by atoms with Crippen LogP contribution < -0.4 is 10.1 Å². The lowest BCUT2D eigenvalue weighted by molar-refractivity contribution is -0.132. The van der Waals surface area contributed by atoms with E-state index in [0.717, 1.165) is 62.3 Å². The van der Waals surface area contributed by atoms with E-state index in [1.807, 2.05) is 29.9 Å². The Morgan fingerprint density at radius 1 is 1.23 bits per heavy atom. The zero-order valence-corrected chi connectivity index (χ0v) is 18.1. The molecule has 2 heterocycles. The third-order valence-electron chi connectivity index (χ3n) is 7.77. The van der Waals surface area contributed by atoms with E-state index >= 15 is 0 Å². The number of fused-ring (bicyclic) bond motifs is 1. The van der Waals surface area contributed by atoms with Crippen LogP contribution in [0.2, 0.25) is 0 Å². The summed E-state index contributed by atoms with van der Waals surface area (Å²) in [5, 5.41) is 16.6. The van der Waals surface area contributed by atoms with Crippen molar-refractivity contribution in [1.29, 1.82) is 0 Å². The molecule has 1 N–H and O–H groups in total. The van der Waals surface area contributed by atoms with Gasteiger partial charge in [-0.25, -0.2) is 0 Å². The first-order valence-corrected chi connectivity index (χ1v) is 11.5. The molecule has 1 aromatic carbocycles. The molecule has 0 radical (unpaired) electrons. The van der Waals surface area contributed by atoms with Crippen LogP contribution in [-0.2, 0) is 16.9 Å². The Kier molecular flexibility index (Phi) is 4.35. The first-order chi connectivity index (χ1) is 15.0. The van der Waals surface area contributed by atoms with Crippen LogP contribution in [0.1, 0.15) is 49.9 Å². The summed E-state index contributed by atoms with van der Waals surface area (Å²) < 4.78 is 5.86. The van der Waals surface area contributed by atoms with Crippen LogP contribution in [0, 0.1) is 18.8 Å². The highest BCUT2D eigenvalue weighted by Crippen LogP contribution is 2.60. The van der Waals surface area contributed by atoms with Crippen LogP contribution in [0.3, 0.4) is 0 Å². The number of carbonyl (C=O) groups is 1. The van der Waals surface area contributed by atoms with Crippen molar-refractivity contribution in [2.75, 3.05) is 19.7 Å². The Labute approximate surface area is 182 Å². The minimum Gasteiger partial charge on any atom is -0.492 e. The number of hydrogen-bond donors (Lipinski definition) is 1. The molecule has 2 unspecified atom stereocenters. The molecule has 1 aliphatic heterocycles. The Bertz CT molecular complexity index is 989. The number of tetrazole rings is 1. The van der Waals surface area contributed by atoms with Gasteiger partial charge < -0.3 is 10.1 Å². The first-order valence-electron chi connectivity index (χ1n) is 11.5. The molecule has 0 spiro atoms. The topological polar surface area (TPSA) is 85.2 Å². The van der Waals surface area contributed by atoms with Crippen molar-refractivity contribution in [3.63, 3.8) is 0 Å². The van der Waals surface area contributed by atoms with Crippen molar-refractivity contribution in [2.24, 2.45) is 11.8 Å². The summed E-state index contributed by atoms with van der Waals surface area (Å²) in [4.78, 5) is 17.3. The summed E-state index contributed by atoms with van der Waals surface area (Å²) in [6, 6.07) is 8.12. The molecule has 164 valence electrons. The molecule has 5 aliphatic rings. The van der Waals surface area contributed by atoms with Gasteiger partial charge in [-0.3, -0.25) is 9.69 Å². The number of benzene rings is 1. The second-order valence-corrected chi connectivity index (χ2v) is 10.3. The fourth-order valence-electron chi connectivity index (χ4n) is 7.13. The standard InChI is InChI=1S/C23H30N6O2/c1-16-25-27-29(26-16)23-11-17-8-18(12-23)10-22(9-17,15-23)24-21(30)14-28-6-7-31-20-5-3-2-4-19(20)13-28/h2-5,17-18H,6-15H2,1H3,(H,24,30). The average Bonchev–Trinajstić information content (AvgIpc) is 3.05. The van der Waals surface area contributed by atoms with Crippen molar-refractivity contribution < 1.29 is 9.53 Å². The third-order valence-corrected chi connectivity index (χ3v) is 7.77. The van der Waals surface area contributed by atoms with Crippen molar-refractivity contribution in [1.82, 2.24) is 30.4 Å². The van der Waals surface area contributed by atoms with Crippen LogP contribution in [-0.4, -0.2) is 56.2 Å². The van der Waals surface area contributed by atoms with E-state index in [1.165, 1.54) is 6.42 Å². The number of carbonyl (C=O) groups excluding carboxylic acids is 1. The molecule has 8 nitrogen and oxygen atoms in total. The van der Waals surface area contributed by atoms with E-state index in [4.69, 9.17) is 4.74 Å². The van der Waals surface area contributed by atoms with Gasteiger partial charge in [0.05, 0.1) is 12.1 Å². The number of aryl methyl sites for hydroxylation is 1. The molecule has 4 bridgehead atoms. The number of rotatable bonds is 4. The molecule has 0 saturated heterocycles. The molecule has 2 atom stereocenters. The molecule has 31 heavy (non-hydrogen) atoms. The molecular weight excluding hydrogens is 392 g/mol. The average molecular weight is 423 g/mol. The van der Waals surface area contributed by atoms with Crippen LogP contribution in [0.15, 0.2) is 24.3 Å². The SMILES string of the molecule is Cc1nnn(C23CC4CC(CC(NC(=O)CN5CCOc6ccccc6C5)(C4)C2)C3)n1. The fourth-order valence-corrected chi connectivity index (χ4v) is 7.13. The highest BCUT2D eigenvalue weighted by molar-refractivity contribution is 5.79. The predicted molar refractivity (Wildman–Crippen MR) is 113 cm³/mol. The highest BCUT2D eigenvalue weighted by Gasteiger charge is 2.60. The molecule has 1 aromatic heterocycles. The number of para-hydroxylation sites is 1. The number of aromatic nitrogens is 4. The van der Waals surface area contributed by atoms with Gasteiger partial charge in [0.2, 0.25) is 5.91 Å². The van der Waals surface area contributed by atoms with Gasteiger partial charge >= 0.3 is 0 Å². The number of hydrogen-bond acceptors (Lipinski definition) is 6. The maximum absolute atomic E-state index is 13.2. The van der Waals surface area contributed by atoms with Crippen LogP contribution in [0.4, 0.5) is 0 Å². The lowest BCUT2D eigenvalue weighted by Crippen LogP contribution is -2.66. The van der Waals surface area contributed by atoms with Gasteiger partial charge in [0.15, 0.2) is 5.82 Å². The van der Waals surface area contributed by atoms with Crippen LogP contribution in [0.25, 0.3) is 0 Å². The Balaban J connectivity index is 1.18. The van der Waals surface area contributed by atoms with Gasteiger partial charge in [0.1, 0.15) is 12.4 Å². The van der Waals surface area contributed by atoms with Gasteiger partial charge in [-0.15, -0.1) is 10.2 Å². The largest absolute Gasteiger partial charge is 0.492 e. The van der Waals surface area contributed by atoms with Crippen molar-refractivity contribution in [3.05, 3.63) is 35.7 Å². The molecule has 8 heteroatoms. The first kappa shape index (κ1) is 19.2. The summed E-state index contributed by atoms with van der Waals surface area (Å²) in [5.74, 6) is 3.04. The minimum atomic E-state index is -0.136. The summed E-state index contributed by atoms with van der Waals surface area (Å²) in [6.07, 6.45) is 6.56. The number of amides is 1. The summed E-state index contributed by atoms with van der Waals surface area (Å²) >= 11 is 0. The molecule has 2 aromatic rings. The second kappa shape index (κ2) is 7.02. The Hall–Kier alpha value is -2.48. The fraction of sp³-hybridized carbons (Fsp3) is 0.652. The van der Waals surface area contributed by atoms with Crippen molar-refractivity contribution >= 4 is 5.91 Å². The van der Waals surface area contributed by atoms with Gasteiger partial charge in [0.25, 0.3) is 0 Å². The monoisotopic (exact) mass is 422 g/mol. The number of nitrogens with one attached hydrogen (secondary N) is 1. The van der Waals surface area contributed by atoms with E-state index in [-0.39, 0.29) is 17.0 Å². The third kappa shape index (κ3) is 3.41. The normalized spacial score (nSPS) is 34.1. The molecule has 4 fully saturated rings. The zero-order chi connectivity index (χ0) is 21.1. The quantitative estimate of drug-likeness (QED) is 0.812. The lowest BCUT2D eigenvalue weighted by Gasteiger charge is -2.61. The minimum absolute atomic E-state index is 0.0893. The molecule has 7 rings (SSSR count). The van der Waals surface area contributed by atoms with Gasteiger partial charge in [-0.1, -0.05) is 18.2 Å². The number of nitrogens with zero attached hydrogens (tertiary/aromatic N) is 5. The molecular formula is C23H30N6O2. The molecule has 4 saturated carbocycles. The predicted octanol–water partition coefficient (Wildman–Crippen LogP) is 2.04. The highest BCUT2D eigenvalue weighted by atomic mass is 16.5. The van der Waals surface area contributed by atoms with Gasteiger partial charge in [-0.05, 0) is 68.6 Å². The molecule has 4 aliphatic carbocycles. The Morgan fingerprint density at radius 2 is 2.03 bits per heavy atom. The van der Waals surface area contributed by atoms with Crippen LogP contribution in [0.5, 0.6) is 5.75 Å². The summed E-state index contributed by atoms with van der Waals surface area (Å²) in [7, 11) is 0. The van der Waals surface area contributed by atoms with Crippen molar-refractivity contribution in [2.45, 2.75) is 63.1 Å². The van der Waals surface area contributed by atoms with E-state index in [9.17, 15) is 4.79 Å².